The second kappa shape index (κ2) is 12.8. The number of alkyl halides is 3. The van der Waals surface area contributed by atoms with Crippen LogP contribution in [0, 0.1) is 11.8 Å². The fourth-order valence-corrected chi connectivity index (χ4v) is 8.17. The van der Waals surface area contributed by atoms with Gasteiger partial charge in [-0.3, -0.25) is 4.79 Å². The number of amides is 1. The molecule has 1 N–H and O–H groups in total. The molecule has 2 aromatic rings. The van der Waals surface area contributed by atoms with Gasteiger partial charge in [-0.05, 0) is 102 Å². The molecule has 3 saturated carbocycles. The Hall–Kier alpha value is -2.66. The highest BCUT2D eigenvalue weighted by molar-refractivity contribution is 7.14. The van der Waals surface area contributed by atoms with E-state index in [1.54, 1.807) is 11.1 Å². The highest BCUT2D eigenvalue weighted by Crippen LogP contribution is 2.57. The van der Waals surface area contributed by atoms with E-state index in [1.165, 1.54) is 6.07 Å². The Morgan fingerprint density at radius 2 is 1.74 bits per heavy atom. The Morgan fingerprint density at radius 1 is 1.07 bits per heavy atom. The molecule has 3 fully saturated rings. The number of carbonyl (C=O) groups is 2. The quantitative estimate of drug-likeness (QED) is 0.314. The number of ether oxygens (including phenoxy) is 1. The number of carboxylic acid groups (broad SMARTS) is 1. The Morgan fingerprint density at radius 3 is 2.30 bits per heavy atom. The standard InChI is InChI=1S/C32H42F3N3O4S/c1-20-5-7-22(8-6-20)29(39)38(25-18-26(43-28(25)30(40)41)31(14-4-15-31)32(33,34)35)23-9-11-24(12-10-23)42-27-17-21(13-16-36-27)19-37(2)3/h13,16-18,20,22-24H,4-12,14-15,19H2,1-3H3,(H,40,41). The Balaban J connectivity index is 1.41. The van der Waals surface area contributed by atoms with Crippen LogP contribution in [0.4, 0.5) is 18.9 Å². The van der Waals surface area contributed by atoms with Crippen molar-refractivity contribution in [2.75, 3.05) is 19.0 Å². The minimum atomic E-state index is -4.48. The van der Waals surface area contributed by atoms with Crippen LogP contribution in [0.15, 0.2) is 24.4 Å². The topological polar surface area (TPSA) is 83.0 Å². The van der Waals surface area contributed by atoms with E-state index < -0.39 is 17.6 Å². The van der Waals surface area contributed by atoms with Gasteiger partial charge in [0, 0.05) is 35.6 Å². The van der Waals surface area contributed by atoms with Crippen molar-refractivity contribution in [3.63, 3.8) is 0 Å². The van der Waals surface area contributed by atoms with Crippen LogP contribution < -0.4 is 9.64 Å². The SMILES string of the molecule is CC1CCC(C(=O)N(c2cc(C3(C(F)(F)F)CCC3)sc2C(=O)O)C2CCC(Oc3cc(CN(C)C)ccn3)CC2)CC1. The number of halogens is 3. The van der Waals surface area contributed by atoms with Crippen LogP contribution in [0.5, 0.6) is 5.88 Å². The molecule has 0 aromatic carbocycles. The Labute approximate surface area is 255 Å². The van der Waals surface area contributed by atoms with Crippen molar-refractivity contribution in [1.29, 1.82) is 0 Å². The molecule has 2 aromatic heterocycles. The average molecular weight is 622 g/mol. The van der Waals surface area contributed by atoms with Crippen molar-refractivity contribution < 1.29 is 32.6 Å². The number of pyridine rings is 1. The maximum atomic E-state index is 14.3. The summed E-state index contributed by atoms with van der Waals surface area (Å²) in [6.45, 7) is 2.92. The Bertz CT molecular complexity index is 1290. The lowest BCUT2D eigenvalue weighted by Crippen LogP contribution is -2.48. The maximum absolute atomic E-state index is 14.3. The minimum Gasteiger partial charge on any atom is -0.477 e. The molecule has 1 amide bonds. The zero-order chi connectivity index (χ0) is 30.9. The fraction of sp³-hybridized carbons (Fsp3) is 0.656. The summed E-state index contributed by atoms with van der Waals surface area (Å²) in [5.74, 6) is -0.656. The van der Waals surface area contributed by atoms with Crippen LogP contribution in [-0.2, 0) is 16.8 Å². The first-order valence-corrected chi connectivity index (χ1v) is 16.2. The molecule has 3 aliphatic carbocycles. The molecule has 236 valence electrons. The molecular weight excluding hydrogens is 579 g/mol. The third kappa shape index (κ3) is 6.72. The van der Waals surface area contributed by atoms with E-state index in [4.69, 9.17) is 4.74 Å². The van der Waals surface area contributed by atoms with E-state index >= 15 is 0 Å². The van der Waals surface area contributed by atoms with Crippen LogP contribution >= 0.6 is 11.3 Å². The highest BCUT2D eigenvalue weighted by Gasteiger charge is 2.60. The fourth-order valence-electron chi connectivity index (χ4n) is 6.92. The molecule has 43 heavy (non-hydrogen) atoms. The maximum Gasteiger partial charge on any atom is 0.399 e. The van der Waals surface area contributed by atoms with Crippen LogP contribution in [-0.4, -0.2) is 59.3 Å². The minimum absolute atomic E-state index is 0.00872. The molecule has 0 radical (unpaired) electrons. The second-order valence-corrected chi connectivity index (χ2v) is 14.1. The predicted molar refractivity (Wildman–Crippen MR) is 160 cm³/mol. The van der Waals surface area contributed by atoms with Crippen molar-refractivity contribution in [1.82, 2.24) is 9.88 Å². The number of rotatable bonds is 9. The molecule has 0 bridgehead atoms. The number of carbonyl (C=O) groups excluding carboxylic acids is 1. The van der Waals surface area contributed by atoms with Gasteiger partial charge in [0.15, 0.2) is 0 Å². The van der Waals surface area contributed by atoms with E-state index in [-0.39, 0.29) is 52.3 Å². The lowest BCUT2D eigenvalue weighted by molar-refractivity contribution is -0.211. The van der Waals surface area contributed by atoms with Gasteiger partial charge < -0.3 is 19.6 Å². The molecule has 0 atom stereocenters. The van der Waals surface area contributed by atoms with Gasteiger partial charge in [0.2, 0.25) is 11.8 Å². The number of anilines is 1. The van der Waals surface area contributed by atoms with Gasteiger partial charge in [-0.25, -0.2) is 9.78 Å². The molecule has 0 spiro atoms. The summed E-state index contributed by atoms with van der Waals surface area (Å²) < 4.78 is 49.1. The molecule has 0 aliphatic heterocycles. The first-order chi connectivity index (χ1) is 20.4. The van der Waals surface area contributed by atoms with E-state index in [0.717, 1.165) is 24.9 Å². The predicted octanol–water partition coefficient (Wildman–Crippen LogP) is 7.44. The largest absolute Gasteiger partial charge is 0.477 e. The van der Waals surface area contributed by atoms with Crippen LogP contribution in [0.2, 0.25) is 0 Å². The van der Waals surface area contributed by atoms with Gasteiger partial charge in [-0.15, -0.1) is 11.3 Å². The number of carboxylic acids is 1. The number of hydrogen-bond donors (Lipinski definition) is 1. The third-order valence-electron chi connectivity index (χ3n) is 9.58. The summed E-state index contributed by atoms with van der Waals surface area (Å²) >= 11 is 0.692. The van der Waals surface area contributed by atoms with Crippen molar-refractivity contribution >= 4 is 28.9 Å². The highest BCUT2D eigenvalue weighted by atomic mass is 32.1. The van der Waals surface area contributed by atoms with Gasteiger partial charge in [0.25, 0.3) is 0 Å². The van der Waals surface area contributed by atoms with Gasteiger partial charge in [-0.1, -0.05) is 13.3 Å². The van der Waals surface area contributed by atoms with E-state index in [2.05, 4.69) is 16.8 Å². The molecule has 3 aliphatic rings. The summed E-state index contributed by atoms with van der Waals surface area (Å²) in [7, 11) is 3.98. The molecular formula is C32H42F3N3O4S. The third-order valence-corrected chi connectivity index (χ3v) is 10.9. The van der Waals surface area contributed by atoms with Crippen molar-refractivity contribution in [2.24, 2.45) is 11.8 Å². The van der Waals surface area contributed by atoms with Crippen LogP contribution in [0.25, 0.3) is 0 Å². The average Bonchev–Trinajstić information content (AvgIpc) is 3.33. The van der Waals surface area contributed by atoms with Gasteiger partial charge >= 0.3 is 12.1 Å². The van der Waals surface area contributed by atoms with Crippen molar-refractivity contribution in [2.45, 2.75) is 108 Å². The molecule has 5 rings (SSSR count). The van der Waals surface area contributed by atoms with Gasteiger partial charge in [-0.2, -0.15) is 13.2 Å². The molecule has 7 nitrogen and oxygen atoms in total. The zero-order valence-electron chi connectivity index (χ0n) is 25.2. The number of aromatic nitrogens is 1. The van der Waals surface area contributed by atoms with E-state index in [9.17, 15) is 27.9 Å². The summed E-state index contributed by atoms with van der Waals surface area (Å²) in [6, 6.07) is 4.94. The van der Waals surface area contributed by atoms with E-state index in [0.29, 0.717) is 68.1 Å². The smallest absolute Gasteiger partial charge is 0.399 e. The van der Waals surface area contributed by atoms with Gasteiger partial charge in [0.05, 0.1) is 5.69 Å². The zero-order valence-corrected chi connectivity index (χ0v) is 26.0. The monoisotopic (exact) mass is 621 g/mol. The number of hydrogen-bond acceptors (Lipinski definition) is 6. The molecule has 0 saturated heterocycles. The number of nitrogens with zero attached hydrogens (tertiary/aromatic N) is 3. The van der Waals surface area contributed by atoms with Crippen LogP contribution in [0.1, 0.15) is 97.7 Å². The summed E-state index contributed by atoms with van der Waals surface area (Å²) in [5, 5.41) is 10.2. The first-order valence-electron chi connectivity index (χ1n) is 15.4. The lowest BCUT2D eigenvalue weighted by Gasteiger charge is -2.42. The number of aromatic carboxylic acids is 1. The van der Waals surface area contributed by atoms with Gasteiger partial charge in [0.1, 0.15) is 16.4 Å². The summed E-state index contributed by atoms with van der Waals surface area (Å²) in [6.07, 6.45) is 3.04. The number of thiophene rings is 1. The lowest BCUT2D eigenvalue weighted by atomic mass is 9.67. The second-order valence-electron chi connectivity index (χ2n) is 13.0. The summed E-state index contributed by atoms with van der Waals surface area (Å²) in [5.41, 5.74) is -0.816. The summed E-state index contributed by atoms with van der Waals surface area (Å²) in [4.78, 5) is 34.5. The van der Waals surface area contributed by atoms with Crippen molar-refractivity contribution in [3.05, 3.63) is 39.7 Å². The normalized spacial score (nSPS) is 25.7. The Kier molecular flexibility index (Phi) is 9.42. The van der Waals surface area contributed by atoms with Crippen molar-refractivity contribution in [3.8, 4) is 5.88 Å². The van der Waals surface area contributed by atoms with Crippen LogP contribution in [0.3, 0.4) is 0 Å². The first kappa shape index (κ1) is 31.8. The molecule has 0 unspecified atom stereocenters. The van der Waals surface area contributed by atoms with E-state index in [1.807, 2.05) is 26.2 Å². The molecule has 11 heteroatoms. The molecule has 2 heterocycles.